The number of aromatic nitrogens is 6. The molecule has 0 spiro atoms. The van der Waals surface area contributed by atoms with Crippen molar-refractivity contribution in [2.45, 2.75) is 25.8 Å². The summed E-state index contributed by atoms with van der Waals surface area (Å²) in [6.45, 7) is 0.819. The second-order valence-electron chi connectivity index (χ2n) is 8.23. The van der Waals surface area contributed by atoms with Gasteiger partial charge in [-0.15, -0.1) is 0 Å². The van der Waals surface area contributed by atoms with Crippen LogP contribution >= 0.6 is 23.2 Å². The van der Waals surface area contributed by atoms with Crippen LogP contribution in [-0.2, 0) is 18.9 Å². The number of halogens is 8. The Morgan fingerprint density at radius 2 is 1.74 bits per heavy atom. The highest BCUT2D eigenvalue weighted by Gasteiger charge is 2.42. The Morgan fingerprint density at radius 1 is 1.00 bits per heavy atom. The standard InChI is InChI=1S/C23H12Cl2F6N6O2/c1-10-5-11(24)6-13-18(10)33-20(39-21(13)38)15-7-12(34-37(15)19-14(25)3-2-4-32-19)9-36-17(23(29,30)31)8-16(35-36)22(26,27)28/h2-8H,9H2,1H3. The van der Waals surface area contributed by atoms with Crippen molar-refractivity contribution in [3.63, 3.8) is 0 Å². The van der Waals surface area contributed by atoms with Crippen molar-refractivity contribution in [1.82, 2.24) is 29.5 Å². The minimum absolute atomic E-state index is 0.00900. The lowest BCUT2D eigenvalue weighted by atomic mass is 10.1. The van der Waals surface area contributed by atoms with Crippen molar-refractivity contribution in [1.29, 1.82) is 0 Å². The summed E-state index contributed by atoms with van der Waals surface area (Å²) in [5.41, 5.74) is -3.66. The molecule has 0 aliphatic carbocycles. The normalized spacial score (nSPS) is 12.4. The van der Waals surface area contributed by atoms with Gasteiger partial charge < -0.3 is 4.42 Å². The Morgan fingerprint density at radius 3 is 2.41 bits per heavy atom. The molecule has 0 atom stereocenters. The maximum absolute atomic E-state index is 13.5. The van der Waals surface area contributed by atoms with E-state index in [1.54, 1.807) is 13.0 Å². The average Bonchev–Trinajstić information content (AvgIpc) is 3.45. The predicted molar refractivity (Wildman–Crippen MR) is 127 cm³/mol. The summed E-state index contributed by atoms with van der Waals surface area (Å²) in [7, 11) is 0. The quantitative estimate of drug-likeness (QED) is 0.228. The molecule has 202 valence electrons. The third kappa shape index (κ3) is 5.08. The molecule has 4 heterocycles. The lowest BCUT2D eigenvalue weighted by Crippen LogP contribution is -2.16. The van der Waals surface area contributed by atoms with Gasteiger partial charge in [-0.05, 0) is 42.8 Å². The van der Waals surface area contributed by atoms with Crippen LogP contribution in [0.25, 0.3) is 28.3 Å². The smallest absolute Gasteiger partial charge is 0.401 e. The summed E-state index contributed by atoms with van der Waals surface area (Å²) in [5.74, 6) is -0.309. The molecule has 0 N–H and O–H groups in total. The molecule has 0 radical (unpaired) electrons. The van der Waals surface area contributed by atoms with E-state index in [0.29, 0.717) is 5.56 Å². The summed E-state index contributed by atoms with van der Waals surface area (Å²) in [6.07, 6.45) is -8.90. The number of nitrogens with zero attached hydrogens (tertiary/aromatic N) is 6. The second-order valence-corrected chi connectivity index (χ2v) is 9.08. The molecule has 8 nitrogen and oxygen atoms in total. The Hall–Kier alpha value is -3.91. The first-order chi connectivity index (χ1) is 18.2. The lowest BCUT2D eigenvalue weighted by molar-refractivity contribution is -0.144. The van der Waals surface area contributed by atoms with Crippen molar-refractivity contribution < 1.29 is 30.8 Å². The summed E-state index contributed by atoms with van der Waals surface area (Å²) in [5, 5.41) is 7.71. The summed E-state index contributed by atoms with van der Waals surface area (Å²) in [6, 6.07) is 6.98. The van der Waals surface area contributed by atoms with Gasteiger partial charge in [-0.2, -0.15) is 36.5 Å². The Bertz CT molecular complexity index is 1790. The molecular weight excluding hydrogens is 577 g/mol. The Kier molecular flexibility index (Phi) is 6.42. The van der Waals surface area contributed by atoms with Crippen LogP contribution in [0.1, 0.15) is 22.6 Å². The maximum Gasteiger partial charge on any atom is 0.435 e. The van der Waals surface area contributed by atoms with Crippen LogP contribution in [0.5, 0.6) is 0 Å². The minimum atomic E-state index is -5.14. The molecule has 0 aliphatic rings. The molecule has 16 heteroatoms. The van der Waals surface area contributed by atoms with E-state index in [4.69, 9.17) is 27.6 Å². The maximum atomic E-state index is 13.5. The van der Waals surface area contributed by atoms with Gasteiger partial charge in [-0.1, -0.05) is 23.2 Å². The van der Waals surface area contributed by atoms with Crippen LogP contribution in [0.15, 0.2) is 51.8 Å². The van der Waals surface area contributed by atoms with Crippen molar-refractivity contribution in [2.24, 2.45) is 0 Å². The zero-order chi connectivity index (χ0) is 28.3. The molecule has 0 amide bonds. The van der Waals surface area contributed by atoms with E-state index in [1.165, 1.54) is 30.5 Å². The fraction of sp³-hybridized carbons (Fsp3) is 0.174. The van der Waals surface area contributed by atoms with Gasteiger partial charge >= 0.3 is 18.0 Å². The number of benzene rings is 1. The highest BCUT2D eigenvalue weighted by Crippen LogP contribution is 2.36. The number of pyridine rings is 1. The summed E-state index contributed by atoms with van der Waals surface area (Å²) in [4.78, 5) is 21.2. The fourth-order valence-electron chi connectivity index (χ4n) is 3.83. The van der Waals surface area contributed by atoms with Crippen molar-refractivity contribution in [3.8, 4) is 17.4 Å². The van der Waals surface area contributed by atoms with E-state index >= 15 is 0 Å². The summed E-state index contributed by atoms with van der Waals surface area (Å²) < 4.78 is 86.6. The monoisotopic (exact) mass is 588 g/mol. The Balaban J connectivity index is 1.70. The third-order valence-electron chi connectivity index (χ3n) is 5.48. The molecule has 0 saturated heterocycles. The van der Waals surface area contributed by atoms with Gasteiger partial charge in [0.2, 0.25) is 5.89 Å². The number of hydrogen-bond acceptors (Lipinski definition) is 6. The van der Waals surface area contributed by atoms with Gasteiger partial charge in [0.1, 0.15) is 11.4 Å². The molecule has 0 fully saturated rings. The van der Waals surface area contributed by atoms with Crippen LogP contribution in [0.2, 0.25) is 10.0 Å². The SMILES string of the molecule is Cc1cc(Cl)cc2c(=O)oc(-c3cc(Cn4nc(C(F)(F)F)cc4C(F)(F)F)nn3-c3ncccc3Cl)nc12. The van der Waals surface area contributed by atoms with E-state index in [2.05, 4.69) is 20.2 Å². The molecule has 5 rings (SSSR count). The molecule has 0 aliphatic heterocycles. The van der Waals surface area contributed by atoms with Crippen LogP contribution < -0.4 is 5.63 Å². The molecule has 0 saturated carbocycles. The van der Waals surface area contributed by atoms with Gasteiger partial charge in [0.15, 0.2) is 11.5 Å². The van der Waals surface area contributed by atoms with Crippen molar-refractivity contribution >= 4 is 34.1 Å². The average molecular weight is 589 g/mol. The predicted octanol–water partition coefficient (Wildman–Crippen LogP) is 6.33. The van der Waals surface area contributed by atoms with Gasteiger partial charge in [0, 0.05) is 17.3 Å². The third-order valence-corrected chi connectivity index (χ3v) is 5.99. The van der Waals surface area contributed by atoms with Crippen LogP contribution in [0.3, 0.4) is 0 Å². The molecule has 0 unspecified atom stereocenters. The number of alkyl halides is 6. The first-order valence-corrected chi connectivity index (χ1v) is 11.5. The zero-order valence-electron chi connectivity index (χ0n) is 19.3. The topological polar surface area (TPSA) is 91.6 Å². The summed E-state index contributed by atoms with van der Waals surface area (Å²) >= 11 is 12.3. The van der Waals surface area contributed by atoms with E-state index in [0.717, 1.165) is 4.68 Å². The number of rotatable bonds is 4. The van der Waals surface area contributed by atoms with Crippen molar-refractivity contribution in [2.75, 3.05) is 0 Å². The highest BCUT2D eigenvalue weighted by molar-refractivity contribution is 6.32. The first kappa shape index (κ1) is 26.7. The van der Waals surface area contributed by atoms with E-state index in [-0.39, 0.29) is 54.8 Å². The minimum Gasteiger partial charge on any atom is -0.401 e. The van der Waals surface area contributed by atoms with Gasteiger partial charge in [0.05, 0.1) is 28.2 Å². The molecule has 1 aromatic carbocycles. The van der Waals surface area contributed by atoms with Gasteiger partial charge in [0.25, 0.3) is 0 Å². The number of fused-ring (bicyclic) bond motifs is 1. The van der Waals surface area contributed by atoms with Crippen LogP contribution in [0.4, 0.5) is 26.3 Å². The second kappa shape index (κ2) is 9.38. The number of hydrogen-bond donors (Lipinski definition) is 0. The van der Waals surface area contributed by atoms with Crippen LogP contribution in [0, 0.1) is 6.92 Å². The van der Waals surface area contributed by atoms with E-state index in [1.807, 2.05) is 0 Å². The lowest BCUT2D eigenvalue weighted by Gasteiger charge is -2.09. The zero-order valence-corrected chi connectivity index (χ0v) is 20.8. The molecule has 4 aromatic heterocycles. The first-order valence-electron chi connectivity index (χ1n) is 10.8. The molecule has 5 aromatic rings. The largest absolute Gasteiger partial charge is 0.435 e. The molecular formula is C23H12Cl2F6N6O2. The van der Waals surface area contributed by atoms with Crippen LogP contribution in [-0.4, -0.2) is 29.5 Å². The highest BCUT2D eigenvalue weighted by atomic mass is 35.5. The molecule has 39 heavy (non-hydrogen) atoms. The number of aryl methyl sites for hydroxylation is 1. The molecule has 0 bridgehead atoms. The fourth-order valence-corrected chi connectivity index (χ4v) is 4.30. The van der Waals surface area contributed by atoms with Gasteiger partial charge in [-0.25, -0.2) is 19.4 Å². The van der Waals surface area contributed by atoms with Crippen molar-refractivity contribution in [3.05, 3.63) is 85.7 Å². The Labute approximate surface area is 223 Å². The van der Waals surface area contributed by atoms with E-state index in [9.17, 15) is 31.1 Å². The van der Waals surface area contributed by atoms with E-state index < -0.39 is 35.9 Å². The van der Waals surface area contributed by atoms with Gasteiger partial charge in [-0.3, -0.25) is 4.68 Å².